The largest absolute Gasteiger partial charge is 0.348 e. The van der Waals surface area contributed by atoms with Crippen molar-refractivity contribution >= 4 is 5.91 Å². The second-order valence-electron chi connectivity index (χ2n) is 5.56. The SMILES string of the molecule is CC(C)N1CCC(NC(=O)c2ccc(=O)n(C)n2)CC1. The third-order valence-corrected chi connectivity index (χ3v) is 3.79. The smallest absolute Gasteiger partial charge is 0.271 e. The van der Waals surface area contributed by atoms with Gasteiger partial charge in [0.15, 0.2) is 0 Å². The number of amides is 1. The number of hydrogen-bond donors (Lipinski definition) is 1. The predicted octanol–water partition coefficient (Wildman–Crippen LogP) is 0.383. The molecule has 6 nitrogen and oxygen atoms in total. The Balaban J connectivity index is 1.92. The Bertz CT molecular complexity index is 530. The predicted molar refractivity (Wildman–Crippen MR) is 76.7 cm³/mol. The van der Waals surface area contributed by atoms with Gasteiger partial charge in [-0.2, -0.15) is 5.10 Å². The number of nitrogens with zero attached hydrogens (tertiary/aromatic N) is 3. The van der Waals surface area contributed by atoms with E-state index in [1.165, 1.54) is 16.8 Å². The number of nitrogens with one attached hydrogen (secondary N) is 1. The Morgan fingerprint density at radius 1 is 1.35 bits per heavy atom. The van der Waals surface area contributed by atoms with Crippen molar-refractivity contribution in [2.24, 2.45) is 7.05 Å². The highest BCUT2D eigenvalue weighted by Crippen LogP contribution is 2.13. The average molecular weight is 278 g/mol. The highest BCUT2D eigenvalue weighted by molar-refractivity contribution is 5.92. The van der Waals surface area contributed by atoms with Crippen LogP contribution in [0.3, 0.4) is 0 Å². The number of aromatic nitrogens is 2. The molecule has 0 radical (unpaired) electrons. The third-order valence-electron chi connectivity index (χ3n) is 3.79. The van der Waals surface area contributed by atoms with Crippen molar-refractivity contribution in [3.05, 3.63) is 28.2 Å². The summed E-state index contributed by atoms with van der Waals surface area (Å²) in [5.41, 5.74) is 0.0742. The lowest BCUT2D eigenvalue weighted by Gasteiger charge is -2.34. The Hall–Kier alpha value is -1.69. The highest BCUT2D eigenvalue weighted by atomic mass is 16.2. The van der Waals surface area contributed by atoms with Crippen LogP contribution in [0.4, 0.5) is 0 Å². The Morgan fingerprint density at radius 3 is 2.55 bits per heavy atom. The van der Waals surface area contributed by atoms with Crippen LogP contribution in [0.2, 0.25) is 0 Å². The van der Waals surface area contributed by atoms with E-state index in [-0.39, 0.29) is 17.5 Å². The number of aryl methyl sites for hydroxylation is 1. The minimum absolute atomic E-state index is 0.191. The molecule has 0 aliphatic carbocycles. The second kappa shape index (κ2) is 6.17. The third kappa shape index (κ3) is 3.45. The van der Waals surface area contributed by atoms with Crippen molar-refractivity contribution in [3.63, 3.8) is 0 Å². The summed E-state index contributed by atoms with van der Waals surface area (Å²) >= 11 is 0. The number of likely N-dealkylation sites (tertiary alicyclic amines) is 1. The average Bonchev–Trinajstić information content (AvgIpc) is 2.42. The van der Waals surface area contributed by atoms with Crippen LogP contribution in [0.15, 0.2) is 16.9 Å². The first kappa shape index (κ1) is 14.7. The molecule has 2 heterocycles. The van der Waals surface area contributed by atoms with Crippen LogP contribution in [-0.2, 0) is 7.05 Å². The number of piperidine rings is 1. The van der Waals surface area contributed by atoms with E-state index < -0.39 is 0 Å². The van der Waals surface area contributed by atoms with Gasteiger partial charge in [-0.15, -0.1) is 0 Å². The molecule has 1 aliphatic rings. The molecule has 1 saturated heterocycles. The molecule has 0 spiro atoms. The van der Waals surface area contributed by atoms with Crippen LogP contribution < -0.4 is 10.9 Å². The van der Waals surface area contributed by atoms with Gasteiger partial charge >= 0.3 is 0 Å². The standard InChI is InChI=1S/C14H22N4O2/c1-10(2)18-8-6-11(7-9-18)15-14(20)12-4-5-13(19)17(3)16-12/h4-5,10-11H,6-9H2,1-3H3,(H,15,20). The minimum atomic E-state index is -0.216. The summed E-state index contributed by atoms with van der Waals surface area (Å²) in [6, 6.07) is 3.58. The zero-order chi connectivity index (χ0) is 14.7. The van der Waals surface area contributed by atoms with Crippen LogP contribution in [0.1, 0.15) is 37.2 Å². The van der Waals surface area contributed by atoms with Gasteiger partial charge in [0.2, 0.25) is 0 Å². The van der Waals surface area contributed by atoms with E-state index in [4.69, 9.17) is 0 Å². The lowest BCUT2D eigenvalue weighted by atomic mass is 10.0. The van der Waals surface area contributed by atoms with Crippen molar-refractivity contribution in [1.29, 1.82) is 0 Å². The second-order valence-corrected chi connectivity index (χ2v) is 5.56. The van der Waals surface area contributed by atoms with E-state index in [0.717, 1.165) is 25.9 Å². The van der Waals surface area contributed by atoms with Gasteiger partial charge in [0.1, 0.15) is 5.69 Å². The fraction of sp³-hybridized carbons (Fsp3) is 0.643. The zero-order valence-electron chi connectivity index (χ0n) is 12.3. The molecule has 1 N–H and O–H groups in total. The first-order valence-electron chi connectivity index (χ1n) is 7.06. The first-order chi connectivity index (χ1) is 9.47. The molecule has 0 bridgehead atoms. The van der Waals surface area contributed by atoms with Gasteiger partial charge in [0.05, 0.1) is 0 Å². The quantitative estimate of drug-likeness (QED) is 0.868. The summed E-state index contributed by atoms with van der Waals surface area (Å²) in [6.07, 6.45) is 1.91. The molecule has 0 aromatic carbocycles. The van der Waals surface area contributed by atoms with Crippen molar-refractivity contribution in [1.82, 2.24) is 20.0 Å². The van der Waals surface area contributed by atoms with Gasteiger partial charge < -0.3 is 10.2 Å². The minimum Gasteiger partial charge on any atom is -0.348 e. The maximum atomic E-state index is 12.1. The monoisotopic (exact) mass is 278 g/mol. The molecular weight excluding hydrogens is 256 g/mol. The van der Waals surface area contributed by atoms with Gasteiger partial charge in [-0.1, -0.05) is 0 Å². The Morgan fingerprint density at radius 2 is 2.00 bits per heavy atom. The number of carbonyl (C=O) groups excluding carboxylic acids is 1. The first-order valence-corrected chi connectivity index (χ1v) is 7.06. The van der Waals surface area contributed by atoms with Crippen LogP contribution in [0.5, 0.6) is 0 Å². The van der Waals surface area contributed by atoms with Crippen LogP contribution in [0, 0.1) is 0 Å². The van der Waals surface area contributed by atoms with E-state index in [0.29, 0.717) is 11.7 Å². The molecule has 0 saturated carbocycles. The molecule has 0 unspecified atom stereocenters. The summed E-state index contributed by atoms with van der Waals surface area (Å²) < 4.78 is 1.18. The van der Waals surface area contributed by atoms with E-state index in [1.807, 2.05) is 0 Å². The summed E-state index contributed by atoms with van der Waals surface area (Å²) in [5, 5.41) is 6.96. The molecule has 2 rings (SSSR count). The Kier molecular flexibility index (Phi) is 4.54. The molecule has 6 heteroatoms. The van der Waals surface area contributed by atoms with Crippen molar-refractivity contribution in [2.75, 3.05) is 13.1 Å². The molecule has 1 fully saturated rings. The molecule has 1 aromatic rings. The normalized spacial score (nSPS) is 17.4. The fourth-order valence-electron chi connectivity index (χ4n) is 2.44. The number of carbonyl (C=O) groups is 1. The van der Waals surface area contributed by atoms with Gasteiger partial charge in [-0.3, -0.25) is 9.59 Å². The maximum Gasteiger partial charge on any atom is 0.271 e. The number of hydrogen-bond acceptors (Lipinski definition) is 4. The topological polar surface area (TPSA) is 67.2 Å². The summed E-state index contributed by atoms with van der Waals surface area (Å²) in [5.74, 6) is -0.205. The molecule has 0 atom stereocenters. The Labute approximate surface area is 118 Å². The van der Waals surface area contributed by atoms with Crippen molar-refractivity contribution in [3.8, 4) is 0 Å². The lowest BCUT2D eigenvalue weighted by molar-refractivity contribution is 0.0893. The van der Waals surface area contributed by atoms with Crippen molar-refractivity contribution < 1.29 is 4.79 Å². The molecule has 1 aromatic heterocycles. The maximum absolute atomic E-state index is 12.1. The summed E-state index contributed by atoms with van der Waals surface area (Å²) in [6.45, 7) is 6.38. The van der Waals surface area contributed by atoms with E-state index in [1.54, 1.807) is 7.05 Å². The van der Waals surface area contributed by atoms with Gasteiger partial charge in [-0.05, 0) is 32.8 Å². The summed E-state index contributed by atoms with van der Waals surface area (Å²) in [7, 11) is 1.54. The fourth-order valence-corrected chi connectivity index (χ4v) is 2.44. The van der Waals surface area contributed by atoms with Crippen LogP contribution >= 0.6 is 0 Å². The van der Waals surface area contributed by atoms with Crippen molar-refractivity contribution in [2.45, 2.75) is 38.8 Å². The summed E-state index contributed by atoms with van der Waals surface area (Å²) in [4.78, 5) is 25.7. The van der Waals surface area contributed by atoms with E-state index in [2.05, 4.69) is 29.2 Å². The van der Waals surface area contributed by atoms with Crippen LogP contribution in [-0.4, -0.2) is 45.8 Å². The lowest BCUT2D eigenvalue weighted by Crippen LogP contribution is -2.46. The van der Waals surface area contributed by atoms with Gasteiger partial charge in [-0.25, -0.2) is 4.68 Å². The van der Waals surface area contributed by atoms with Crippen LogP contribution in [0.25, 0.3) is 0 Å². The number of rotatable bonds is 3. The van der Waals surface area contributed by atoms with E-state index in [9.17, 15) is 9.59 Å². The van der Waals surface area contributed by atoms with Gasteiger partial charge in [0, 0.05) is 38.3 Å². The molecule has 20 heavy (non-hydrogen) atoms. The molecule has 1 aliphatic heterocycles. The molecule has 110 valence electrons. The zero-order valence-corrected chi connectivity index (χ0v) is 12.3. The van der Waals surface area contributed by atoms with Gasteiger partial charge in [0.25, 0.3) is 11.5 Å². The van der Waals surface area contributed by atoms with E-state index >= 15 is 0 Å². The molecule has 1 amide bonds. The highest BCUT2D eigenvalue weighted by Gasteiger charge is 2.22. The molecular formula is C14H22N4O2.